The summed E-state index contributed by atoms with van der Waals surface area (Å²) in [4.78, 5) is 1.94. The molecule has 0 fully saturated rings. The first-order valence-corrected chi connectivity index (χ1v) is 3.90. The molecule has 0 saturated heterocycles. The highest BCUT2D eigenvalue weighted by Crippen LogP contribution is 2.10. The summed E-state index contributed by atoms with van der Waals surface area (Å²) < 4.78 is 0. The largest absolute Gasteiger partial charge is 0.394 e. The number of β-amino-alcohol motifs (C(OH)–C–C–N with tert-alkyl or cyclic N) is 1. The fourth-order valence-corrected chi connectivity index (χ4v) is 0.764. The Morgan fingerprint density at radius 3 is 2.18 bits per heavy atom. The molecule has 0 spiro atoms. The van der Waals surface area contributed by atoms with E-state index in [9.17, 15) is 0 Å². The van der Waals surface area contributed by atoms with Crippen LogP contribution in [0.2, 0.25) is 0 Å². The summed E-state index contributed by atoms with van der Waals surface area (Å²) in [6, 6.07) is 0. The lowest BCUT2D eigenvalue weighted by Gasteiger charge is -2.34. The normalized spacial score (nSPS) is 15.5. The van der Waals surface area contributed by atoms with Crippen LogP contribution in [0.15, 0.2) is 0 Å². The lowest BCUT2D eigenvalue weighted by molar-refractivity contribution is 0.0421. The Bertz CT molecular complexity index is 113. The first kappa shape index (κ1) is 10.9. The number of aliphatic hydroxyl groups is 2. The molecule has 68 valence electrons. The van der Waals surface area contributed by atoms with E-state index in [4.69, 9.17) is 10.2 Å². The molecule has 0 aliphatic heterocycles. The highest BCUT2D eigenvalue weighted by atomic mass is 16.3. The minimum absolute atomic E-state index is 0.107. The molecule has 0 unspecified atom stereocenters. The summed E-state index contributed by atoms with van der Waals surface area (Å²) in [5.74, 6) is 0. The van der Waals surface area contributed by atoms with Crippen molar-refractivity contribution in [3.05, 3.63) is 0 Å². The molecule has 0 radical (unpaired) electrons. The molecule has 0 amide bonds. The van der Waals surface area contributed by atoms with Gasteiger partial charge in [0.1, 0.15) is 0 Å². The average molecular weight is 161 g/mol. The molecule has 0 heterocycles. The van der Waals surface area contributed by atoms with Crippen molar-refractivity contribution in [2.75, 3.05) is 20.2 Å². The summed E-state index contributed by atoms with van der Waals surface area (Å²) >= 11 is 0. The van der Waals surface area contributed by atoms with Gasteiger partial charge in [-0.25, -0.2) is 0 Å². The van der Waals surface area contributed by atoms with Gasteiger partial charge >= 0.3 is 0 Å². The van der Waals surface area contributed by atoms with E-state index < -0.39 is 0 Å². The van der Waals surface area contributed by atoms with Crippen molar-refractivity contribution in [3.8, 4) is 0 Å². The minimum atomic E-state index is -0.342. The van der Waals surface area contributed by atoms with E-state index >= 15 is 0 Å². The van der Waals surface area contributed by atoms with Crippen LogP contribution in [-0.4, -0.2) is 47.0 Å². The van der Waals surface area contributed by atoms with E-state index in [-0.39, 0.29) is 18.2 Å². The summed E-state index contributed by atoms with van der Waals surface area (Å²) in [5, 5.41) is 18.0. The molecule has 3 heteroatoms. The first-order valence-electron chi connectivity index (χ1n) is 3.90. The Hall–Kier alpha value is -0.120. The Kier molecular flexibility index (Phi) is 4.00. The Morgan fingerprint density at radius 1 is 1.45 bits per heavy atom. The third kappa shape index (κ3) is 3.70. The molecule has 1 atom stereocenters. The predicted octanol–water partition coefficient (Wildman–Crippen LogP) is 0.0699. The first-order chi connectivity index (χ1) is 4.90. The molecule has 0 rings (SSSR count). The molecule has 0 aliphatic carbocycles. The van der Waals surface area contributed by atoms with Gasteiger partial charge in [0.05, 0.1) is 12.7 Å². The van der Waals surface area contributed by atoms with Gasteiger partial charge in [-0.05, 0) is 27.8 Å². The van der Waals surface area contributed by atoms with E-state index in [1.165, 1.54) is 0 Å². The standard InChI is InChI=1S/C8H19NO2/c1-7(11)5-9(4)8(2,3)6-10/h7,10-11H,5-6H2,1-4H3/t7-/m1/s1. The van der Waals surface area contributed by atoms with Gasteiger partial charge in [0.15, 0.2) is 0 Å². The lowest BCUT2D eigenvalue weighted by Crippen LogP contribution is -2.46. The average Bonchev–Trinajstić information content (AvgIpc) is 1.86. The topological polar surface area (TPSA) is 43.7 Å². The molecule has 0 aromatic heterocycles. The third-order valence-corrected chi connectivity index (χ3v) is 1.96. The van der Waals surface area contributed by atoms with Gasteiger partial charge in [-0.3, -0.25) is 4.90 Å². The van der Waals surface area contributed by atoms with Gasteiger partial charge in [0, 0.05) is 12.1 Å². The Morgan fingerprint density at radius 2 is 1.91 bits per heavy atom. The number of hydrogen-bond acceptors (Lipinski definition) is 3. The zero-order chi connectivity index (χ0) is 9.07. The van der Waals surface area contributed by atoms with E-state index in [1.807, 2.05) is 25.8 Å². The Balaban J connectivity index is 3.90. The van der Waals surface area contributed by atoms with Crippen LogP contribution >= 0.6 is 0 Å². The monoisotopic (exact) mass is 161 g/mol. The molecular weight excluding hydrogens is 142 g/mol. The number of aliphatic hydroxyl groups excluding tert-OH is 2. The number of hydrogen-bond donors (Lipinski definition) is 2. The molecule has 0 aromatic carbocycles. The van der Waals surface area contributed by atoms with Crippen LogP contribution in [0, 0.1) is 0 Å². The predicted molar refractivity (Wildman–Crippen MR) is 45.5 cm³/mol. The minimum Gasteiger partial charge on any atom is -0.394 e. The molecule has 0 bridgehead atoms. The zero-order valence-corrected chi connectivity index (χ0v) is 7.83. The van der Waals surface area contributed by atoms with Gasteiger partial charge in [-0.15, -0.1) is 0 Å². The Labute approximate surface area is 68.6 Å². The van der Waals surface area contributed by atoms with Crippen molar-refractivity contribution in [1.29, 1.82) is 0 Å². The molecule has 2 N–H and O–H groups in total. The van der Waals surface area contributed by atoms with Crippen LogP contribution < -0.4 is 0 Å². The van der Waals surface area contributed by atoms with Crippen molar-refractivity contribution in [1.82, 2.24) is 4.90 Å². The van der Waals surface area contributed by atoms with Crippen molar-refractivity contribution in [2.24, 2.45) is 0 Å². The molecule has 0 saturated carbocycles. The van der Waals surface area contributed by atoms with Gasteiger partial charge in [-0.2, -0.15) is 0 Å². The molecule has 11 heavy (non-hydrogen) atoms. The zero-order valence-electron chi connectivity index (χ0n) is 7.83. The van der Waals surface area contributed by atoms with Crippen molar-refractivity contribution in [2.45, 2.75) is 32.4 Å². The third-order valence-electron chi connectivity index (χ3n) is 1.96. The maximum Gasteiger partial charge on any atom is 0.0639 e. The fraction of sp³-hybridized carbons (Fsp3) is 1.00. The number of likely N-dealkylation sites (N-methyl/N-ethyl adjacent to an activating group) is 1. The van der Waals surface area contributed by atoms with E-state index in [2.05, 4.69) is 0 Å². The molecule has 0 aromatic rings. The second-order valence-electron chi connectivity index (χ2n) is 3.70. The lowest BCUT2D eigenvalue weighted by atomic mass is 10.1. The maximum atomic E-state index is 9.06. The van der Waals surface area contributed by atoms with Crippen LogP contribution in [0.5, 0.6) is 0 Å². The van der Waals surface area contributed by atoms with Crippen LogP contribution in [0.3, 0.4) is 0 Å². The quantitative estimate of drug-likeness (QED) is 0.613. The van der Waals surface area contributed by atoms with E-state index in [0.29, 0.717) is 6.54 Å². The molecule has 0 aliphatic rings. The second kappa shape index (κ2) is 4.04. The van der Waals surface area contributed by atoms with Crippen LogP contribution in [0.1, 0.15) is 20.8 Å². The summed E-state index contributed by atoms with van der Waals surface area (Å²) in [7, 11) is 1.89. The fourth-order valence-electron chi connectivity index (χ4n) is 0.764. The highest BCUT2D eigenvalue weighted by Gasteiger charge is 2.22. The SMILES string of the molecule is C[C@@H](O)CN(C)C(C)(C)CO. The van der Waals surface area contributed by atoms with Gasteiger partial charge in [0.2, 0.25) is 0 Å². The summed E-state index contributed by atoms with van der Waals surface area (Å²) in [6.45, 7) is 6.32. The summed E-state index contributed by atoms with van der Waals surface area (Å²) in [5.41, 5.74) is -0.239. The van der Waals surface area contributed by atoms with Crippen LogP contribution in [-0.2, 0) is 0 Å². The van der Waals surface area contributed by atoms with Gasteiger partial charge in [-0.1, -0.05) is 0 Å². The maximum absolute atomic E-state index is 9.06. The van der Waals surface area contributed by atoms with Crippen molar-refractivity contribution < 1.29 is 10.2 Å². The smallest absolute Gasteiger partial charge is 0.0639 e. The second-order valence-corrected chi connectivity index (χ2v) is 3.70. The van der Waals surface area contributed by atoms with Crippen molar-refractivity contribution >= 4 is 0 Å². The van der Waals surface area contributed by atoms with Gasteiger partial charge in [0.25, 0.3) is 0 Å². The molecular formula is C8H19NO2. The number of nitrogens with zero attached hydrogens (tertiary/aromatic N) is 1. The van der Waals surface area contributed by atoms with E-state index in [0.717, 1.165) is 0 Å². The van der Waals surface area contributed by atoms with Gasteiger partial charge < -0.3 is 10.2 Å². The van der Waals surface area contributed by atoms with E-state index in [1.54, 1.807) is 6.92 Å². The highest BCUT2D eigenvalue weighted by molar-refractivity contribution is 4.78. The van der Waals surface area contributed by atoms with Crippen LogP contribution in [0.25, 0.3) is 0 Å². The van der Waals surface area contributed by atoms with Crippen LogP contribution in [0.4, 0.5) is 0 Å². The molecule has 3 nitrogen and oxygen atoms in total. The number of rotatable bonds is 4. The summed E-state index contributed by atoms with van der Waals surface area (Å²) in [6.07, 6.45) is -0.342. The van der Waals surface area contributed by atoms with Crippen molar-refractivity contribution in [3.63, 3.8) is 0 Å².